The van der Waals surface area contributed by atoms with Gasteiger partial charge in [0.1, 0.15) is 28.9 Å². The zero-order chi connectivity index (χ0) is 19.5. The minimum absolute atomic E-state index is 0.284. The second-order valence-electron chi connectivity index (χ2n) is 6.44. The van der Waals surface area contributed by atoms with Crippen LogP contribution in [-0.4, -0.2) is 5.71 Å². The first-order chi connectivity index (χ1) is 13.7. The van der Waals surface area contributed by atoms with Crippen LogP contribution in [0.2, 0.25) is 0 Å². The maximum atomic E-state index is 9.91. The monoisotopic (exact) mass is 366 g/mol. The van der Waals surface area contributed by atoms with Crippen LogP contribution >= 0.6 is 0 Å². The molecule has 2 heterocycles. The van der Waals surface area contributed by atoms with E-state index in [2.05, 4.69) is 11.1 Å². The zero-order valence-corrected chi connectivity index (χ0v) is 15.6. The lowest BCUT2D eigenvalue weighted by atomic mass is 9.98. The quantitative estimate of drug-likeness (QED) is 0.386. The molecule has 0 aliphatic carbocycles. The van der Waals surface area contributed by atoms with Crippen LogP contribution in [0.25, 0.3) is 22.5 Å². The van der Waals surface area contributed by atoms with E-state index in [1.54, 1.807) is 0 Å². The van der Waals surface area contributed by atoms with Crippen molar-refractivity contribution < 1.29 is 8.83 Å². The molecule has 0 fully saturated rings. The minimum Gasteiger partial charge on any atom is -0.460 e. The van der Waals surface area contributed by atoms with Gasteiger partial charge in [-0.2, -0.15) is 5.26 Å². The van der Waals surface area contributed by atoms with Crippen molar-refractivity contribution in [3.63, 3.8) is 0 Å². The van der Waals surface area contributed by atoms with E-state index < -0.39 is 0 Å². The Balaban J connectivity index is 1.94. The third kappa shape index (κ3) is 3.26. The number of benzene rings is 2. The Morgan fingerprint density at radius 3 is 2.07 bits per heavy atom. The Labute approximate surface area is 163 Å². The maximum Gasteiger partial charge on any atom is 0.238 e. The Hall–Kier alpha value is -3.84. The van der Waals surface area contributed by atoms with E-state index in [0.717, 1.165) is 22.5 Å². The molecule has 0 spiro atoms. The number of furan rings is 2. The molecule has 0 unspecified atom stereocenters. The van der Waals surface area contributed by atoms with E-state index in [4.69, 9.17) is 8.83 Å². The fourth-order valence-electron chi connectivity index (χ4n) is 3.11. The molecule has 0 atom stereocenters. The molecule has 136 valence electrons. The second-order valence-corrected chi connectivity index (χ2v) is 6.44. The molecule has 0 amide bonds. The summed E-state index contributed by atoms with van der Waals surface area (Å²) in [6, 6.07) is 25.5. The van der Waals surface area contributed by atoms with E-state index >= 15 is 0 Å². The summed E-state index contributed by atoms with van der Waals surface area (Å²) in [5.41, 5.74) is 3.61. The average molecular weight is 366 g/mol. The predicted molar refractivity (Wildman–Crippen MR) is 110 cm³/mol. The number of hydrogen-bond donors (Lipinski definition) is 0. The van der Waals surface area contributed by atoms with Crippen molar-refractivity contribution in [2.75, 3.05) is 0 Å². The van der Waals surface area contributed by atoms with Crippen molar-refractivity contribution >= 4 is 11.6 Å². The van der Waals surface area contributed by atoms with Crippen LogP contribution in [0.5, 0.6) is 0 Å². The van der Waals surface area contributed by atoms with E-state index in [1.165, 1.54) is 0 Å². The normalized spacial score (nSPS) is 11.4. The molecular weight excluding hydrogens is 348 g/mol. The smallest absolute Gasteiger partial charge is 0.238 e. The van der Waals surface area contributed by atoms with Crippen LogP contribution in [0.15, 0.2) is 86.6 Å². The van der Waals surface area contributed by atoms with Crippen molar-refractivity contribution in [1.82, 2.24) is 0 Å². The van der Waals surface area contributed by atoms with E-state index in [0.29, 0.717) is 22.8 Å². The number of rotatable bonds is 4. The van der Waals surface area contributed by atoms with Crippen LogP contribution < -0.4 is 0 Å². The molecule has 0 aliphatic heterocycles. The van der Waals surface area contributed by atoms with Gasteiger partial charge in [-0.15, -0.1) is 0 Å². The largest absolute Gasteiger partial charge is 0.460 e. The number of aliphatic imine (C=N–C) groups is 1. The second kappa shape index (κ2) is 7.42. The number of hydrogen-bond acceptors (Lipinski definition) is 4. The van der Waals surface area contributed by atoms with Crippen molar-refractivity contribution in [2.24, 2.45) is 4.99 Å². The zero-order valence-electron chi connectivity index (χ0n) is 15.6. The van der Waals surface area contributed by atoms with Crippen LogP contribution in [0.3, 0.4) is 0 Å². The highest BCUT2D eigenvalue weighted by Crippen LogP contribution is 2.42. The highest BCUT2D eigenvalue weighted by molar-refractivity contribution is 5.99. The molecule has 2 aromatic heterocycles. The molecule has 0 saturated heterocycles. The van der Waals surface area contributed by atoms with Gasteiger partial charge in [0.05, 0.1) is 5.71 Å². The van der Waals surface area contributed by atoms with E-state index in [-0.39, 0.29) is 5.88 Å². The molecule has 0 saturated carbocycles. The third-order valence-electron chi connectivity index (χ3n) is 4.47. The van der Waals surface area contributed by atoms with Gasteiger partial charge in [-0.05, 0) is 31.5 Å². The SMILES string of the molecule is C/C(=N\c1oc(-c2ccccc2)c(-c2ccccc2)c1C#N)c1ccc(C)o1. The van der Waals surface area contributed by atoms with Gasteiger partial charge in [-0.3, -0.25) is 0 Å². The van der Waals surface area contributed by atoms with Crippen LogP contribution in [0.4, 0.5) is 5.88 Å². The summed E-state index contributed by atoms with van der Waals surface area (Å²) in [5, 5.41) is 9.91. The van der Waals surface area contributed by atoms with Gasteiger partial charge < -0.3 is 8.83 Å². The lowest BCUT2D eigenvalue weighted by Crippen LogP contribution is -1.90. The fourth-order valence-corrected chi connectivity index (χ4v) is 3.11. The van der Waals surface area contributed by atoms with Gasteiger partial charge in [0.2, 0.25) is 5.88 Å². The molecule has 4 rings (SSSR count). The van der Waals surface area contributed by atoms with Crippen molar-refractivity contribution in [1.29, 1.82) is 5.26 Å². The molecule has 0 aliphatic rings. The van der Waals surface area contributed by atoms with Crippen molar-refractivity contribution in [2.45, 2.75) is 13.8 Å². The lowest BCUT2D eigenvalue weighted by molar-refractivity contribution is 0.524. The summed E-state index contributed by atoms with van der Waals surface area (Å²) < 4.78 is 11.8. The first kappa shape index (κ1) is 17.6. The molecule has 2 aromatic carbocycles. The average Bonchev–Trinajstić information content (AvgIpc) is 3.33. The van der Waals surface area contributed by atoms with Crippen molar-refractivity contribution in [3.05, 3.63) is 89.9 Å². The highest BCUT2D eigenvalue weighted by Gasteiger charge is 2.23. The Bertz CT molecular complexity index is 1180. The standard InChI is InChI=1S/C24H18N2O2/c1-16-13-14-21(27-16)17(2)26-24-20(15-25)22(18-9-5-3-6-10-18)23(28-24)19-11-7-4-8-12-19/h3-14H,1-2H3/b26-17+. The van der Waals surface area contributed by atoms with Crippen LogP contribution in [0, 0.1) is 18.3 Å². The predicted octanol–water partition coefficient (Wildman–Crippen LogP) is 6.53. The molecule has 4 aromatic rings. The van der Waals surface area contributed by atoms with Gasteiger partial charge in [-0.25, -0.2) is 4.99 Å². The third-order valence-corrected chi connectivity index (χ3v) is 4.47. The minimum atomic E-state index is 0.284. The van der Waals surface area contributed by atoms with Gasteiger partial charge in [-0.1, -0.05) is 60.7 Å². The Morgan fingerprint density at radius 1 is 0.857 bits per heavy atom. The van der Waals surface area contributed by atoms with Crippen molar-refractivity contribution in [3.8, 4) is 28.5 Å². The van der Waals surface area contributed by atoms with E-state index in [1.807, 2.05) is 86.6 Å². The van der Waals surface area contributed by atoms with Gasteiger partial charge in [0.15, 0.2) is 0 Å². The molecule has 0 bridgehead atoms. The molecule has 4 heteroatoms. The summed E-state index contributed by atoms with van der Waals surface area (Å²) in [7, 11) is 0. The summed E-state index contributed by atoms with van der Waals surface area (Å²) in [5.74, 6) is 2.37. The highest BCUT2D eigenvalue weighted by atomic mass is 16.4. The molecular formula is C24H18N2O2. The summed E-state index contributed by atoms with van der Waals surface area (Å²) in [6.45, 7) is 3.72. The number of nitriles is 1. The Morgan fingerprint density at radius 2 is 1.50 bits per heavy atom. The number of aryl methyl sites for hydroxylation is 1. The Kier molecular flexibility index (Phi) is 4.65. The molecule has 0 radical (unpaired) electrons. The number of nitrogens with zero attached hydrogens (tertiary/aromatic N) is 2. The molecule has 28 heavy (non-hydrogen) atoms. The first-order valence-corrected chi connectivity index (χ1v) is 8.97. The van der Waals surface area contributed by atoms with Gasteiger partial charge in [0.25, 0.3) is 0 Å². The lowest BCUT2D eigenvalue weighted by Gasteiger charge is -2.03. The van der Waals surface area contributed by atoms with Crippen LogP contribution in [-0.2, 0) is 0 Å². The van der Waals surface area contributed by atoms with E-state index in [9.17, 15) is 5.26 Å². The molecule has 4 nitrogen and oxygen atoms in total. The first-order valence-electron chi connectivity index (χ1n) is 8.97. The summed E-state index contributed by atoms with van der Waals surface area (Å²) >= 11 is 0. The summed E-state index contributed by atoms with van der Waals surface area (Å²) in [6.07, 6.45) is 0. The summed E-state index contributed by atoms with van der Waals surface area (Å²) in [4.78, 5) is 4.58. The van der Waals surface area contributed by atoms with Gasteiger partial charge in [0, 0.05) is 11.1 Å². The topological polar surface area (TPSA) is 62.4 Å². The fraction of sp³-hybridized carbons (Fsp3) is 0.0833. The van der Waals surface area contributed by atoms with Crippen LogP contribution in [0.1, 0.15) is 24.0 Å². The molecule has 0 N–H and O–H groups in total. The maximum absolute atomic E-state index is 9.91. The van der Waals surface area contributed by atoms with Gasteiger partial charge >= 0.3 is 0 Å².